The van der Waals surface area contributed by atoms with Crippen LogP contribution in [-0.2, 0) is 4.74 Å². The first-order chi connectivity index (χ1) is 7.09. The lowest BCUT2D eigenvalue weighted by Gasteiger charge is -2.41. The summed E-state index contributed by atoms with van der Waals surface area (Å²) in [5, 5.41) is 0. The zero-order valence-electron chi connectivity index (χ0n) is 9.71. The van der Waals surface area contributed by atoms with Crippen LogP contribution in [0.3, 0.4) is 0 Å². The van der Waals surface area contributed by atoms with Gasteiger partial charge in [0.2, 0.25) is 0 Å². The van der Waals surface area contributed by atoms with Crippen molar-refractivity contribution in [2.75, 3.05) is 0 Å². The van der Waals surface area contributed by atoms with E-state index in [1.165, 1.54) is 32.1 Å². The first kappa shape index (κ1) is 10.4. The standard InChI is InChI=1S/C13H21ClO/c1-8(2)15-12(14)13-5-9-3-10(6-13)11(4-9)7-13/h8-12H,3-7H2,1-2H3. The molecule has 0 radical (unpaired) electrons. The van der Waals surface area contributed by atoms with Crippen LogP contribution >= 0.6 is 11.6 Å². The molecule has 15 heavy (non-hydrogen) atoms. The van der Waals surface area contributed by atoms with Crippen molar-refractivity contribution in [2.45, 2.75) is 57.6 Å². The maximum Gasteiger partial charge on any atom is 0.137 e. The van der Waals surface area contributed by atoms with Gasteiger partial charge in [0.05, 0.1) is 6.10 Å². The lowest BCUT2D eigenvalue weighted by atomic mass is 9.70. The third kappa shape index (κ3) is 1.54. The van der Waals surface area contributed by atoms with E-state index in [4.69, 9.17) is 16.3 Å². The zero-order valence-corrected chi connectivity index (χ0v) is 10.5. The highest BCUT2D eigenvalue weighted by Crippen LogP contribution is 2.66. The molecule has 4 rings (SSSR count). The Bertz CT molecular complexity index is 244. The molecule has 0 aliphatic heterocycles. The number of alkyl halides is 1. The first-order valence-electron chi connectivity index (χ1n) is 6.38. The fraction of sp³-hybridized carbons (Fsp3) is 1.00. The van der Waals surface area contributed by atoms with E-state index < -0.39 is 0 Å². The van der Waals surface area contributed by atoms with Crippen LogP contribution in [0.15, 0.2) is 0 Å². The SMILES string of the molecule is CC(C)OC(Cl)C12CC3CC(C1)C(C3)C2. The van der Waals surface area contributed by atoms with Gasteiger partial charge in [0, 0.05) is 5.41 Å². The molecule has 0 spiro atoms. The molecule has 1 nitrogen and oxygen atoms in total. The maximum absolute atomic E-state index is 6.50. The number of ether oxygens (including phenoxy) is 1. The quantitative estimate of drug-likeness (QED) is 0.668. The Morgan fingerprint density at radius 2 is 1.73 bits per heavy atom. The van der Waals surface area contributed by atoms with Crippen molar-refractivity contribution in [1.29, 1.82) is 0 Å². The van der Waals surface area contributed by atoms with Gasteiger partial charge in [0.1, 0.15) is 5.56 Å². The van der Waals surface area contributed by atoms with Gasteiger partial charge >= 0.3 is 0 Å². The summed E-state index contributed by atoms with van der Waals surface area (Å²) in [7, 11) is 0. The number of rotatable bonds is 3. The molecule has 4 bridgehead atoms. The van der Waals surface area contributed by atoms with Crippen molar-refractivity contribution in [3.05, 3.63) is 0 Å². The number of hydrogen-bond acceptors (Lipinski definition) is 1. The average Bonchev–Trinajstić information content (AvgIpc) is 2.53. The number of halogens is 1. The predicted octanol–water partition coefficient (Wildman–Crippen LogP) is 3.80. The van der Waals surface area contributed by atoms with E-state index in [-0.39, 0.29) is 11.7 Å². The third-order valence-electron chi connectivity index (χ3n) is 4.84. The molecule has 3 unspecified atom stereocenters. The van der Waals surface area contributed by atoms with Gasteiger partial charge < -0.3 is 4.74 Å². The summed E-state index contributed by atoms with van der Waals surface area (Å²) >= 11 is 6.50. The Morgan fingerprint density at radius 3 is 2.20 bits per heavy atom. The maximum atomic E-state index is 6.50. The summed E-state index contributed by atoms with van der Waals surface area (Å²) in [4.78, 5) is 0. The molecule has 0 aromatic heterocycles. The van der Waals surface area contributed by atoms with Crippen LogP contribution in [0.25, 0.3) is 0 Å². The van der Waals surface area contributed by atoms with Gasteiger partial charge in [-0.25, -0.2) is 0 Å². The van der Waals surface area contributed by atoms with Crippen molar-refractivity contribution < 1.29 is 4.74 Å². The Morgan fingerprint density at radius 1 is 1.13 bits per heavy atom. The van der Waals surface area contributed by atoms with Crippen molar-refractivity contribution >= 4 is 11.6 Å². The normalized spacial score (nSPS) is 49.2. The van der Waals surface area contributed by atoms with Gasteiger partial charge in [0.25, 0.3) is 0 Å². The highest BCUT2D eigenvalue weighted by Gasteiger charge is 2.58. The summed E-state index contributed by atoms with van der Waals surface area (Å²) in [6.07, 6.45) is 7.25. The zero-order chi connectivity index (χ0) is 10.6. The van der Waals surface area contributed by atoms with Gasteiger partial charge in [0.15, 0.2) is 0 Å². The molecular formula is C13H21ClO. The lowest BCUT2D eigenvalue weighted by Crippen LogP contribution is -2.38. The topological polar surface area (TPSA) is 9.23 Å². The van der Waals surface area contributed by atoms with Crippen LogP contribution in [-0.4, -0.2) is 11.7 Å². The first-order valence-corrected chi connectivity index (χ1v) is 6.82. The lowest BCUT2D eigenvalue weighted by molar-refractivity contribution is -0.0466. The average molecular weight is 229 g/mol. The Balaban J connectivity index is 1.76. The van der Waals surface area contributed by atoms with Gasteiger partial charge in [-0.3, -0.25) is 0 Å². The fourth-order valence-electron chi connectivity index (χ4n) is 4.53. The molecule has 0 N–H and O–H groups in total. The predicted molar refractivity (Wildman–Crippen MR) is 61.9 cm³/mol. The Labute approximate surface area is 97.5 Å². The molecule has 3 atom stereocenters. The minimum Gasteiger partial charge on any atom is -0.359 e. The van der Waals surface area contributed by atoms with Crippen LogP contribution in [0, 0.1) is 23.2 Å². The molecular weight excluding hydrogens is 208 g/mol. The van der Waals surface area contributed by atoms with E-state index in [2.05, 4.69) is 13.8 Å². The Hall–Kier alpha value is 0.250. The van der Waals surface area contributed by atoms with Gasteiger partial charge in [-0.15, -0.1) is 0 Å². The molecule has 0 aromatic rings. The highest BCUT2D eigenvalue weighted by atomic mass is 35.5. The van der Waals surface area contributed by atoms with Crippen LogP contribution in [0.4, 0.5) is 0 Å². The molecule has 2 heteroatoms. The molecule has 0 aromatic carbocycles. The molecule has 4 saturated carbocycles. The Kier molecular flexibility index (Phi) is 2.34. The van der Waals surface area contributed by atoms with Crippen molar-refractivity contribution in [1.82, 2.24) is 0 Å². The molecule has 86 valence electrons. The van der Waals surface area contributed by atoms with Gasteiger partial charge in [-0.2, -0.15) is 0 Å². The molecule has 4 fully saturated rings. The molecule has 0 amide bonds. The van der Waals surface area contributed by atoms with Gasteiger partial charge in [-0.05, 0) is 63.7 Å². The van der Waals surface area contributed by atoms with E-state index in [0.717, 1.165) is 17.8 Å². The van der Waals surface area contributed by atoms with Crippen LogP contribution in [0.5, 0.6) is 0 Å². The summed E-state index contributed by atoms with van der Waals surface area (Å²) in [6, 6.07) is 0. The van der Waals surface area contributed by atoms with E-state index in [9.17, 15) is 0 Å². The smallest absolute Gasteiger partial charge is 0.137 e. The molecule has 0 saturated heterocycles. The van der Waals surface area contributed by atoms with Crippen molar-refractivity contribution in [3.63, 3.8) is 0 Å². The van der Waals surface area contributed by atoms with Crippen LogP contribution in [0.1, 0.15) is 46.0 Å². The van der Waals surface area contributed by atoms with E-state index in [1.54, 1.807) is 0 Å². The second-order valence-corrected chi connectivity index (χ2v) is 6.73. The monoisotopic (exact) mass is 228 g/mol. The summed E-state index contributed by atoms with van der Waals surface area (Å²) < 4.78 is 5.84. The molecule has 4 aliphatic rings. The molecule has 0 heterocycles. The second-order valence-electron chi connectivity index (χ2n) is 6.33. The summed E-state index contributed by atoms with van der Waals surface area (Å²) in [5.74, 6) is 2.95. The van der Waals surface area contributed by atoms with Crippen molar-refractivity contribution in [3.8, 4) is 0 Å². The van der Waals surface area contributed by atoms with Crippen molar-refractivity contribution in [2.24, 2.45) is 23.2 Å². The van der Waals surface area contributed by atoms with E-state index in [0.29, 0.717) is 5.41 Å². The minimum atomic E-state index is -0.0342. The van der Waals surface area contributed by atoms with Crippen LogP contribution in [0.2, 0.25) is 0 Å². The van der Waals surface area contributed by atoms with E-state index >= 15 is 0 Å². The summed E-state index contributed by atoms with van der Waals surface area (Å²) in [5.41, 5.74) is 0.315. The summed E-state index contributed by atoms with van der Waals surface area (Å²) in [6.45, 7) is 4.17. The molecule has 4 aliphatic carbocycles. The minimum absolute atomic E-state index is 0.0342. The van der Waals surface area contributed by atoms with E-state index in [1.807, 2.05) is 0 Å². The van der Waals surface area contributed by atoms with Gasteiger partial charge in [-0.1, -0.05) is 11.6 Å². The van der Waals surface area contributed by atoms with Crippen LogP contribution < -0.4 is 0 Å². The second kappa shape index (κ2) is 3.37. The fourth-order valence-corrected chi connectivity index (χ4v) is 5.01. The highest BCUT2D eigenvalue weighted by molar-refractivity contribution is 6.20. The largest absolute Gasteiger partial charge is 0.359 e. The number of hydrogen-bond donors (Lipinski definition) is 0. The third-order valence-corrected chi connectivity index (χ3v) is 5.41.